The number of para-hydroxylation sites is 1. The maximum absolute atomic E-state index is 3.27. The fraction of sp³-hybridized carbons (Fsp3) is 0.467. The molecule has 0 atom stereocenters. The van der Waals surface area contributed by atoms with E-state index in [1.807, 2.05) is 7.05 Å². The third kappa shape index (κ3) is 1.87. The lowest BCUT2D eigenvalue weighted by molar-refractivity contribution is 0.534. The lowest BCUT2D eigenvalue weighted by Gasteiger charge is -2.15. The summed E-state index contributed by atoms with van der Waals surface area (Å²) in [5.74, 6) is 0. The molecule has 90 valence electrons. The van der Waals surface area contributed by atoms with E-state index in [-0.39, 0.29) is 0 Å². The average molecular weight is 228 g/mol. The standard InChI is InChI=1S/C15H20N2/c1-16-11-13-6-4-5-12-9-10-17(15(12)13)14-7-2-3-8-14/h4-6,9-10,14,16H,2-3,7-8,11H2,1H3. The van der Waals surface area contributed by atoms with Gasteiger partial charge in [0.25, 0.3) is 0 Å². The first-order valence-corrected chi connectivity index (χ1v) is 6.63. The van der Waals surface area contributed by atoms with Crippen molar-refractivity contribution in [3.8, 4) is 0 Å². The Bertz CT molecular complexity index is 507. The number of nitrogens with one attached hydrogen (secondary N) is 1. The van der Waals surface area contributed by atoms with Crippen molar-refractivity contribution >= 4 is 10.9 Å². The molecule has 2 heteroatoms. The number of hydrogen-bond acceptors (Lipinski definition) is 1. The van der Waals surface area contributed by atoms with E-state index in [1.54, 1.807) is 0 Å². The Balaban J connectivity index is 2.11. The van der Waals surface area contributed by atoms with Crippen molar-refractivity contribution in [1.82, 2.24) is 9.88 Å². The minimum absolute atomic E-state index is 0.727. The molecule has 0 spiro atoms. The topological polar surface area (TPSA) is 17.0 Å². The molecule has 1 aliphatic rings. The third-order valence-electron chi connectivity index (χ3n) is 3.91. The van der Waals surface area contributed by atoms with Gasteiger partial charge in [-0.3, -0.25) is 0 Å². The third-order valence-corrected chi connectivity index (χ3v) is 3.91. The zero-order valence-corrected chi connectivity index (χ0v) is 10.4. The Morgan fingerprint density at radius 3 is 2.82 bits per heavy atom. The van der Waals surface area contributed by atoms with Gasteiger partial charge in [-0.2, -0.15) is 0 Å². The number of benzene rings is 1. The van der Waals surface area contributed by atoms with E-state index >= 15 is 0 Å². The summed E-state index contributed by atoms with van der Waals surface area (Å²) in [6, 6.07) is 9.61. The highest BCUT2D eigenvalue weighted by Crippen LogP contribution is 2.33. The summed E-state index contributed by atoms with van der Waals surface area (Å²) >= 11 is 0. The van der Waals surface area contributed by atoms with Crippen LogP contribution < -0.4 is 5.32 Å². The van der Waals surface area contributed by atoms with E-state index in [1.165, 1.54) is 42.1 Å². The second-order valence-electron chi connectivity index (χ2n) is 5.05. The molecule has 1 aromatic heterocycles. The number of nitrogens with zero attached hydrogens (tertiary/aromatic N) is 1. The lowest BCUT2D eigenvalue weighted by atomic mass is 10.1. The van der Waals surface area contributed by atoms with Crippen molar-refractivity contribution < 1.29 is 0 Å². The van der Waals surface area contributed by atoms with E-state index in [4.69, 9.17) is 0 Å². The molecule has 2 aromatic rings. The predicted molar refractivity (Wildman–Crippen MR) is 72.2 cm³/mol. The first-order valence-electron chi connectivity index (χ1n) is 6.63. The van der Waals surface area contributed by atoms with Gasteiger partial charge in [0, 0.05) is 18.8 Å². The van der Waals surface area contributed by atoms with Gasteiger partial charge >= 0.3 is 0 Å². The molecule has 0 amide bonds. The molecule has 0 aliphatic heterocycles. The highest BCUT2D eigenvalue weighted by molar-refractivity contribution is 5.83. The fourth-order valence-corrected chi connectivity index (χ4v) is 3.12. The monoisotopic (exact) mass is 228 g/mol. The summed E-state index contributed by atoms with van der Waals surface area (Å²) in [7, 11) is 2.02. The molecular formula is C15H20N2. The Morgan fingerprint density at radius 2 is 2.06 bits per heavy atom. The van der Waals surface area contributed by atoms with Gasteiger partial charge in [0.2, 0.25) is 0 Å². The first-order chi connectivity index (χ1) is 8.40. The SMILES string of the molecule is CNCc1cccc2ccn(C3CCCC3)c12. The molecule has 0 unspecified atom stereocenters. The Labute approximate surface area is 103 Å². The van der Waals surface area contributed by atoms with Gasteiger partial charge in [0.15, 0.2) is 0 Å². The molecule has 1 aromatic carbocycles. The van der Waals surface area contributed by atoms with E-state index in [2.05, 4.69) is 40.3 Å². The van der Waals surface area contributed by atoms with Crippen molar-refractivity contribution in [2.24, 2.45) is 0 Å². The van der Waals surface area contributed by atoms with Crippen LogP contribution in [0.5, 0.6) is 0 Å². The summed E-state index contributed by atoms with van der Waals surface area (Å²) in [5.41, 5.74) is 2.86. The van der Waals surface area contributed by atoms with Gasteiger partial charge in [0.1, 0.15) is 0 Å². The molecule has 1 heterocycles. The summed E-state index contributed by atoms with van der Waals surface area (Å²) in [5, 5.41) is 4.65. The van der Waals surface area contributed by atoms with Crippen LogP contribution in [0.3, 0.4) is 0 Å². The summed E-state index contributed by atoms with van der Waals surface area (Å²) in [6.07, 6.45) is 7.74. The smallest absolute Gasteiger partial charge is 0.0528 e. The highest BCUT2D eigenvalue weighted by Gasteiger charge is 2.18. The fourth-order valence-electron chi connectivity index (χ4n) is 3.12. The zero-order chi connectivity index (χ0) is 11.7. The number of fused-ring (bicyclic) bond motifs is 1. The van der Waals surface area contributed by atoms with Crippen molar-refractivity contribution in [1.29, 1.82) is 0 Å². The summed E-state index contributed by atoms with van der Waals surface area (Å²) in [4.78, 5) is 0. The summed E-state index contributed by atoms with van der Waals surface area (Å²) in [6.45, 7) is 0.952. The maximum Gasteiger partial charge on any atom is 0.0528 e. The number of hydrogen-bond donors (Lipinski definition) is 1. The van der Waals surface area contributed by atoms with Crippen molar-refractivity contribution in [3.63, 3.8) is 0 Å². The highest BCUT2D eigenvalue weighted by atomic mass is 15.0. The quantitative estimate of drug-likeness (QED) is 0.851. The van der Waals surface area contributed by atoms with Crippen LogP contribution in [0.2, 0.25) is 0 Å². The minimum atomic E-state index is 0.727. The normalized spacial score (nSPS) is 17.0. The molecule has 1 N–H and O–H groups in total. The van der Waals surface area contributed by atoms with Crippen LogP contribution in [0, 0.1) is 0 Å². The van der Waals surface area contributed by atoms with E-state index < -0.39 is 0 Å². The Hall–Kier alpha value is -1.28. The largest absolute Gasteiger partial charge is 0.344 e. The second-order valence-corrected chi connectivity index (χ2v) is 5.05. The van der Waals surface area contributed by atoms with Gasteiger partial charge in [-0.15, -0.1) is 0 Å². The van der Waals surface area contributed by atoms with Crippen LogP contribution in [-0.2, 0) is 6.54 Å². The minimum Gasteiger partial charge on any atom is -0.344 e. The summed E-state index contributed by atoms with van der Waals surface area (Å²) < 4.78 is 2.51. The Morgan fingerprint density at radius 1 is 1.24 bits per heavy atom. The Kier molecular flexibility index (Phi) is 2.89. The molecule has 1 fully saturated rings. The van der Waals surface area contributed by atoms with Crippen LogP contribution in [0.4, 0.5) is 0 Å². The van der Waals surface area contributed by atoms with Gasteiger partial charge in [-0.05, 0) is 36.9 Å². The van der Waals surface area contributed by atoms with Gasteiger partial charge in [0.05, 0.1) is 5.52 Å². The molecule has 1 saturated carbocycles. The van der Waals surface area contributed by atoms with Crippen LogP contribution in [0.1, 0.15) is 37.3 Å². The molecule has 0 radical (unpaired) electrons. The first kappa shape index (κ1) is 10.8. The predicted octanol–water partition coefficient (Wildman–Crippen LogP) is 3.48. The molecular weight excluding hydrogens is 208 g/mol. The average Bonchev–Trinajstić information content (AvgIpc) is 2.98. The molecule has 2 nitrogen and oxygen atoms in total. The molecule has 3 rings (SSSR count). The van der Waals surface area contributed by atoms with Gasteiger partial charge in [-0.1, -0.05) is 31.0 Å². The number of rotatable bonds is 3. The van der Waals surface area contributed by atoms with Gasteiger partial charge in [-0.25, -0.2) is 0 Å². The van der Waals surface area contributed by atoms with E-state index in [9.17, 15) is 0 Å². The van der Waals surface area contributed by atoms with Crippen LogP contribution in [-0.4, -0.2) is 11.6 Å². The molecule has 17 heavy (non-hydrogen) atoms. The van der Waals surface area contributed by atoms with E-state index in [0.29, 0.717) is 0 Å². The molecule has 1 aliphatic carbocycles. The van der Waals surface area contributed by atoms with E-state index in [0.717, 1.165) is 12.6 Å². The molecule has 0 bridgehead atoms. The lowest BCUT2D eigenvalue weighted by Crippen LogP contribution is -2.09. The maximum atomic E-state index is 3.27. The number of aromatic nitrogens is 1. The van der Waals surface area contributed by atoms with Crippen molar-refractivity contribution in [2.45, 2.75) is 38.3 Å². The van der Waals surface area contributed by atoms with Gasteiger partial charge < -0.3 is 9.88 Å². The van der Waals surface area contributed by atoms with Crippen LogP contribution in [0.15, 0.2) is 30.5 Å². The van der Waals surface area contributed by atoms with Crippen molar-refractivity contribution in [3.05, 3.63) is 36.0 Å². The second kappa shape index (κ2) is 4.53. The van der Waals surface area contributed by atoms with Crippen molar-refractivity contribution in [2.75, 3.05) is 7.05 Å². The molecule has 0 saturated heterocycles. The zero-order valence-electron chi connectivity index (χ0n) is 10.4. The van der Waals surface area contributed by atoms with Crippen LogP contribution in [0.25, 0.3) is 10.9 Å². The van der Waals surface area contributed by atoms with Crippen LogP contribution >= 0.6 is 0 Å².